The number of aliphatic imine (C=N–C) groups is 1. The standard InChI is InChI=1S/C25H25F3N6.C2H6/c1-32-15-19-22(29-18-6-3-2-4-7-18)33(14-16-10-12-17(13-11-16)25(26,27)28)31-23(19)34-21-9-5-8-20(21)30-24(32)34;1-2/h2-4,6-7,10-13,20-21,29H,5,8-9,14-15H2,1H3;1-2H3. The molecule has 3 aliphatic rings. The van der Waals surface area contributed by atoms with E-state index >= 15 is 0 Å². The minimum absolute atomic E-state index is 0.300. The van der Waals surface area contributed by atoms with Gasteiger partial charge in [0.15, 0.2) is 5.82 Å². The van der Waals surface area contributed by atoms with Crippen LogP contribution in [0.4, 0.5) is 30.5 Å². The molecule has 2 aromatic carbocycles. The van der Waals surface area contributed by atoms with E-state index in [-0.39, 0.29) is 0 Å². The van der Waals surface area contributed by atoms with Gasteiger partial charge in [-0.25, -0.2) is 9.67 Å². The van der Waals surface area contributed by atoms with Crippen LogP contribution in [0.1, 0.15) is 49.8 Å². The molecular weight excluding hydrogens is 465 g/mol. The first-order valence-electron chi connectivity index (χ1n) is 12.5. The number of aromatic nitrogens is 2. The van der Waals surface area contributed by atoms with E-state index in [0.29, 0.717) is 25.2 Å². The second-order valence-electron chi connectivity index (χ2n) is 9.21. The third-order valence-corrected chi connectivity index (χ3v) is 6.92. The topological polar surface area (TPSA) is 48.7 Å². The van der Waals surface area contributed by atoms with Crippen LogP contribution in [0, 0.1) is 0 Å². The molecule has 190 valence electrons. The van der Waals surface area contributed by atoms with Crippen LogP contribution >= 0.6 is 0 Å². The van der Waals surface area contributed by atoms with E-state index in [9.17, 15) is 13.2 Å². The average Bonchev–Trinajstić information content (AvgIpc) is 3.56. The third-order valence-electron chi connectivity index (χ3n) is 6.92. The molecule has 0 amide bonds. The maximum absolute atomic E-state index is 13.0. The lowest BCUT2D eigenvalue weighted by Crippen LogP contribution is -2.48. The lowest BCUT2D eigenvalue weighted by Gasteiger charge is -2.35. The van der Waals surface area contributed by atoms with Crippen LogP contribution in [-0.4, -0.2) is 39.8 Å². The van der Waals surface area contributed by atoms with Crippen molar-refractivity contribution in [2.45, 2.75) is 64.5 Å². The van der Waals surface area contributed by atoms with E-state index in [1.807, 2.05) is 48.9 Å². The zero-order valence-corrected chi connectivity index (χ0v) is 20.8. The fourth-order valence-electron chi connectivity index (χ4n) is 5.28. The molecule has 1 fully saturated rings. The van der Waals surface area contributed by atoms with Crippen molar-refractivity contribution >= 4 is 23.3 Å². The maximum atomic E-state index is 13.0. The predicted molar refractivity (Wildman–Crippen MR) is 137 cm³/mol. The molecule has 2 atom stereocenters. The highest BCUT2D eigenvalue weighted by atomic mass is 19.4. The van der Waals surface area contributed by atoms with E-state index < -0.39 is 11.7 Å². The van der Waals surface area contributed by atoms with Crippen LogP contribution in [0.5, 0.6) is 0 Å². The Kier molecular flexibility index (Phi) is 6.40. The molecule has 0 saturated heterocycles. The molecule has 1 N–H and O–H groups in total. The van der Waals surface area contributed by atoms with Gasteiger partial charge in [0.1, 0.15) is 5.82 Å². The smallest absolute Gasteiger partial charge is 0.341 e. The highest BCUT2D eigenvalue weighted by molar-refractivity contribution is 6.01. The zero-order valence-electron chi connectivity index (χ0n) is 20.8. The van der Waals surface area contributed by atoms with Crippen LogP contribution in [0.3, 0.4) is 0 Å². The Bertz CT molecular complexity index is 1230. The summed E-state index contributed by atoms with van der Waals surface area (Å²) in [5.41, 5.74) is 2.11. The zero-order chi connectivity index (χ0) is 25.4. The molecule has 3 heterocycles. The Morgan fingerprint density at radius 1 is 1.00 bits per heavy atom. The first-order chi connectivity index (χ1) is 17.4. The maximum Gasteiger partial charge on any atom is 0.416 e. The monoisotopic (exact) mass is 496 g/mol. The van der Waals surface area contributed by atoms with Gasteiger partial charge in [-0.15, -0.1) is 0 Å². The Hall–Kier alpha value is -3.49. The molecule has 1 aliphatic carbocycles. The molecule has 3 aromatic rings. The molecule has 2 aliphatic heterocycles. The summed E-state index contributed by atoms with van der Waals surface area (Å²) in [6.07, 6.45) is -1.02. The third kappa shape index (κ3) is 4.31. The largest absolute Gasteiger partial charge is 0.416 e. The average molecular weight is 497 g/mol. The summed E-state index contributed by atoms with van der Waals surface area (Å²) in [5.74, 6) is 2.72. The Balaban J connectivity index is 0.00000130. The predicted octanol–water partition coefficient (Wildman–Crippen LogP) is 6.26. The van der Waals surface area contributed by atoms with E-state index in [0.717, 1.165) is 65.8 Å². The number of fused-ring (bicyclic) bond motifs is 5. The van der Waals surface area contributed by atoms with Gasteiger partial charge in [-0.1, -0.05) is 44.2 Å². The van der Waals surface area contributed by atoms with Gasteiger partial charge < -0.3 is 10.2 Å². The van der Waals surface area contributed by atoms with E-state index in [4.69, 9.17) is 10.1 Å². The van der Waals surface area contributed by atoms with Gasteiger partial charge in [0, 0.05) is 12.7 Å². The van der Waals surface area contributed by atoms with Gasteiger partial charge in [0.05, 0.1) is 36.3 Å². The Morgan fingerprint density at radius 2 is 1.72 bits per heavy atom. The van der Waals surface area contributed by atoms with Crippen LogP contribution in [0.2, 0.25) is 0 Å². The van der Waals surface area contributed by atoms with Gasteiger partial charge in [0.25, 0.3) is 0 Å². The Morgan fingerprint density at radius 3 is 2.42 bits per heavy atom. The molecule has 9 heteroatoms. The minimum Gasteiger partial charge on any atom is -0.341 e. The summed E-state index contributed by atoms with van der Waals surface area (Å²) in [7, 11) is 2.05. The van der Waals surface area contributed by atoms with Crippen molar-refractivity contribution in [1.82, 2.24) is 14.7 Å². The van der Waals surface area contributed by atoms with Gasteiger partial charge in [-0.3, -0.25) is 4.90 Å². The first kappa shape index (κ1) is 24.2. The number of hydrogen-bond acceptors (Lipinski definition) is 5. The number of guanidine groups is 1. The molecule has 0 radical (unpaired) electrons. The summed E-state index contributed by atoms with van der Waals surface area (Å²) < 4.78 is 41.0. The van der Waals surface area contributed by atoms with Crippen molar-refractivity contribution in [2.24, 2.45) is 4.99 Å². The van der Waals surface area contributed by atoms with Gasteiger partial charge in [-0.05, 0) is 49.1 Å². The van der Waals surface area contributed by atoms with Gasteiger partial charge >= 0.3 is 6.18 Å². The Labute approximate surface area is 209 Å². The van der Waals surface area contributed by atoms with Crippen LogP contribution in [0.15, 0.2) is 59.6 Å². The normalized spacial score (nSPS) is 20.2. The van der Waals surface area contributed by atoms with Gasteiger partial charge in [-0.2, -0.15) is 18.3 Å². The van der Waals surface area contributed by atoms with Crippen LogP contribution in [-0.2, 0) is 19.3 Å². The number of anilines is 3. The SMILES string of the molecule is CC.CN1Cc2c(nn(Cc3ccc(C(F)(F)F)cc3)c2Nc2ccccc2)N2C1=NC1CCCC12. The second-order valence-corrected chi connectivity index (χ2v) is 9.21. The number of alkyl halides is 3. The summed E-state index contributed by atoms with van der Waals surface area (Å²) in [5, 5.41) is 8.53. The quantitative estimate of drug-likeness (QED) is 0.463. The molecule has 36 heavy (non-hydrogen) atoms. The fourth-order valence-corrected chi connectivity index (χ4v) is 5.28. The number of para-hydroxylation sites is 1. The lowest BCUT2D eigenvalue weighted by atomic mass is 10.1. The van der Waals surface area contributed by atoms with Crippen molar-refractivity contribution in [2.75, 3.05) is 17.3 Å². The van der Waals surface area contributed by atoms with E-state index in [1.54, 1.807) is 0 Å². The molecule has 6 nitrogen and oxygen atoms in total. The van der Waals surface area contributed by atoms with E-state index in [2.05, 4.69) is 22.2 Å². The summed E-state index contributed by atoms with van der Waals surface area (Å²) in [4.78, 5) is 9.43. The molecule has 6 rings (SSSR count). The summed E-state index contributed by atoms with van der Waals surface area (Å²) in [6.45, 7) is 5.02. The highest BCUT2D eigenvalue weighted by Crippen LogP contribution is 2.43. The number of rotatable bonds is 4. The molecule has 2 unspecified atom stereocenters. The van der Waals surface area contributed by atoms with Crippen molar-refractivity contribution in [3.05, 3.63) is 71.3 Å². The van der Waals surface area contributed by atoms with Crippen LogP contribution in [0.25, 0.3) is 0 Å². The van der Waals surface area contributed by atoms with Crippen molar-refractivity contribution in [3.8, 4) is 0 Å². The molecule has 0 spiro atoms. The number of hydrogen-bond donors (Lipinski definition) is 1. The first-order valence-corrected chi connectivity index (χ1v) is 12.5. The number of nitrogens with one attached hydrogen (secondary N) is 1. The van der Waals surface area contributed by atoms with Crippen molar-refractivity contribution in [3.63, 3.8) is 0 Å². The summed E-state index contributed by atoms with van der Waals surface area (Å²) >= 11 is 0. The molecule has 0 bridgehead atoms. The highest BCUT2D eigenvalue weighted by Gasteiger charge is 2.46. The number of nitrogens with zero attached hydrogens (tertiary/aromatic N) is 5. The fraction of sp³-hybridized carbons (Fsp3) is 0.407. The lowest BCUT2D eigenvalue weighted by molar-refractivity contribution is -0.137. The molecule has 1 saturated carbocycles. The second kappa shape index (κ2) is 9.52. The van der Waals surface area contributed by atoms with Crippen LogP contribution < -0.4 is 10.2 Å². The van der Waals surface area contributed by atoms with Gasteiger partial charge in [0.2, 0.25) is 5.96 Å². The van der Waals surface area contributed by atoms with Crippen molar-refractivity contribution in [1.29, 1.82) is 0 Å². The number of halogens is 3. The summed E-state index contributed by atoms with van der Waals surface area (Å²) in [6, 6.07) is 15.8. The molecule has 1 aromatic heterocycles. The molecular formula is C27H31F3N6. The van der Waals surface area contributed by atoms with Crippen molar-refractivity contribution < 1.29 is 13.2 Å². The van der Waals surface area contributed by atoms with E-state index in [1.165, 1.54) is 12.1 Å². The number of benzene rings is 2. The minimum atomic E-state index is -4.35.